The van der Waals surface area contributed by atoms with Crippen LogP contribution in [0.25, 0.3) is 0 Å². The molecule has 0 spiro atoms. The van der Waals surface area contributed by atoms with E-state index in [1.807, 2.05) is 0 Å². The average Bonchev–Trinajstić information content (AvgIpc) is 2.31. The molecule has 1 nitrogen and oxygen atoms in total. The number of aryl methyl sites for hydroxylation is 1. The van der Waals surface area contributed by atoms with E-state index in [9.17, 15) is 0 Å². The van der Waals surface area contributed by atoms with Crippen molar-refractivity contribution >= 4 is 0 Å². The maximum Gasteiger partial charge on any atom is 0.0133 e. The van der Waals surface area contributed by atoms with Gasteiger partial charge in [0.15, 0.2) is 0 Å². The summed E-state index contributed by atoms with van der Waals surface area (Å²) in [7, 11) is 0. The van der Waals surface area contributed by atoms with Gasteiger partial charge in [-0.1, -0.05) is 50.6 Å². The summed E-state index contributed by atoms with van der Waals surface area (Å²) in [5, 5.41) is 3.60. The summed E-state index contributed by atoms with van der Waals surface area (Å²) in [5.74, 6) is 0.644. The van der Waals surface area contributed by atoms with Gasteiger partial charge < -0.3 is 5.32 Å². The average molecular weight is 219 g/mol. The van der Waals surface area contributed by atoms with E-state index in [2.05, 4.69) is 57.3 Å². The Hall–Kier alpha value is -0.820. The SMILES string of the molecule is CCNC(CC)C(CC)c1ccc(C)cc1. The van der Waals surface area contributed by atoms with Gasteiger partial charge in [0.1, 0.15) is 0 Å². The van der Waals surface area contributed by atoms with Crippen molar-refractivity contribution < 1.29 is 0 Å². The highest BCUT2D eigenvalue weighted by atomic mass is 14.9. The van der Waals surface area contributed by atoms with Crippen molar-refractivity contribution in [1.82, 2.24) is 5.32 Å². The van der Waals surface area contributed by atoms with Crippen molar-refractivity contribution in [3.8, 4) is 0 Å². The Morgan fingerprint density at radius 3 is 2.06 bits per heavy atom. The molecular formula is C15H25N. The molecule has 0 radical (unpaired) electrons. The fourth-order valence-electron chi connectivity index (χ4n) is 2.40. The molecule has 1 N–H and O–H groups in total. The molecule has 0 aliphatic heterocycles. The Balaban J connectivity index is 2.83. The molecule has 1 aromatic rings. The molecular weight excluding hydrogens is 194 g/mol. The van der Waals surface area contributed by atoms with E-state index in [1.54, 1.807) is 0 Å². The van der Waals surface area contributed by atoms with E-state index < -0.39 is 0 Å². The van der Waals surface area contributed by atoms with Crippen molar-refractivity contribution in [2.24, 2.45) is 0 Å². The van der Waals surface area contributed by atoms with Crippen molar-refractivity contribution in [2.45, 2.75) is 52.5 Å². The molecule has 0 aromatic heterocycles. The lowest BCUT2D eigenvalue weighted by Gasteiger charge is -2.26. The lowest BCUT2D eigenvalue weighted by Crippen LogP contribution is -2.34. The molecule has 0 saturated carbocycles. The van der Waals surface area contributed by atoms with E-state index in [4.69, 9.17) is 0 Å². The van der Waals surface area contributed by atoms with Gasteiger partial charge in [0, 0.05) is 6.04 Å². The Morgan fingerprint density at radius 2 is 1.62 bits per heavy atom. The van der Waals surface area contributed by atoms with Crippen LogP contribution in [-0.4, -0.2) is 12.6 Å². The third-order valence-electron chi connectivity index (χ3n) is 3.34. The Morgan fingerprint density at radius 1 is 1.00 bits per heavy atom. The minimum absolute atomic E-state index is 0.609. The Kier molecular flexibility index (Phi) is 5.54. The van der Waals surface area contributed by atoms with Crippen molar-refractivity contribution in [3.05, 3.63) is 35.4 Å². The minimum Gasteiger partial charge on any atom is -0.314 e. The highest BCUT2D eigenvalue weighted by Crippen LogP contribution is 2.25. The Bertz CT molecular complexity index is 289. The molecule has 1 rings (SSSR count). The number of rotatable bonds is 6. The van der Waals surface area contributed by atoms with Crippen LogP contribution in [0.4, 0.5) is 0 Å². The van der Waals surface area contributed by atoms with Gasteiger partial charge in [-0.05, 0) is 37.8 Å². The fourth-order valence-corrected chi connectivity index (χ4v) is 2.40. The maximum absolute atomic E-state index is 3.60. The van der Waals surface area contributed by atoms with Crippen molar-refractivity contribution in [3.63, 3.8) is 0 Å². The first kappa shape index (κ1) is 13.2. The molecule has 0 aliphatic rings. The summed E-state index contributed by atoms with van der Waals surface area (Å²) in [6.07, 6.45) is 2.40. The predicted octanol–water partition coefficient (Wildman–Crippen LogP) is 3.88. The number of hydrogen-bond acceptors (Lipinski definition) is 1. The van der Waals surface area contributed by atoms with Crippen LogP contribution in [-0.2, 0) is 0 Å². The van der Waals surface area contributed by atoms with Gasteiger partial charge in [-0.25, -0.2) is 0 Å². The minimum atomic E-state index is 0.609. The molecule has 1 heteroatoms. The smallest absolute Gasteiger partial charge is 0.0133 e. The van der Waals surface area contributed by atoms with Crippen LogP contribution in [0.1, 0.15) is 50.7 Å². The second-order valence-corrected chi connectivity index (χ2v) is 4.50. The molecule has 2 unspecified atom stereocenters. The second-order valence-electron chi connectivity index (χ2n) is 4.50. The lowest BCUT2D eigenvalue weighted by atomic mass is 9.87. The van der Waals surface area contributed by atoms with Crippen LogP contribution >= 0.6 is 0 Å². The van der Waals surface area contributed by atoms with Gasteiger partial charge in [0.25, 0.3) is 0 Å². The summed E-state index contributed by atoms with van der Waals surface area (Å²) in [5.41, 5.74) is 2.82. The largest absolute Gasteiger partial charge is 0.314 e. The molecule has 90 valence electrons. The van der Waals surface area contributed by atoms with E-state index in [0.29, 0.717) is 12.0 Å². The first-order chi connectivity index (χ1) is 7.72. The predicted molar refractivity (Wildman–Crippen MR) is 72.0 cm³/mol. The number of benzene rings is 1. The van der Waals surface area contributed by atoms with Crippen molar-refractivity contribution in [2.75, 3.05) is 6.54 Å². The maximum atomic E-state index is 3.60. The number of nitrogens with one attached hydrogen (secondary N) is 1. The highest BCUT2D eigenvalue weighted by molar-refractivity contribution is 5.25. The first-order valence-electron chi connectivity index (χ1n) is 6.52. The van der Waals surface area contributed by atoms with E-state index >= 15 is 0 Å². The fraction of sp³-hybridized carbons (Fsp3) is 0.600. The van der Waals surface area contributed by atoms with E-state index in [1.165, 1.54) is 24.0 Å². The molecule has 0 fully saturated rings. The lowest BCUT2D eigenvalue weighted by molar-refractivity contribution is 0.420. The Labute approximate surface area is 100 Å². The number of hydrogen-bond donors (Lipinski definition) is 1. The molecule has 2 atom stereocenters. The van der Waals surface area contributed by atoms with Crippen LogP contribution in [0.5, 0.6) is 0 Å². The van der Waals surface area contributed by atoms with Crippen LogP contribution in [0.15, 0.2) is 24.3 Å². The molecule has 0 saturated heterocycles. The van der Waals surface area contributed by atoms with Gasteiger partial charge in [0.05, 0.1) is 0 Å². The molecule has 0 heterocycles. The van der Waals surface area contributed by atoms with Crippen LogP contribution in [0.2, 0.25) is 0 Å². The van der Waals surface area contributed by atoms with Gasteiger partial charge in [-0.2, -0.15) is 0 Å². The zero-order valence-corrected chi connectivity index (χ0v) is 11.1. The quantitative estimate of drug-likeness (QED) is 0.765. The third-order valence-corrected chi connectivity index (χ3v) is 3.34. The van der Waals surface area contributed by atoms with Crippen LogP contribution in [0.3, 0.4) is 0 Å². The van der Waals surface area contributed by atoms with E-state index in [-0.39, 0.29) is 0 Å². The van der Waals surface area contributed by atoms with Gasteiger partial charge in [-0.3, -0.25) is 0 Å². The third kappa shape index (κ3) is 3.34. The summed E-state index contributed by atoms with van der Waals surface area (Å²) in [6, 6.07) is 9.61. The van der Waals surface area contributed by atoms with E-state index in [0.717, 1.165) is 6.54 Å². The molecule has 1 aromatic carbocycles. The summed E-state index contributed by atoms with van der Waals surface area (Å²) in [6.45, 7) is 9.94. The standard InChI is InChI=1S/C15H25N/c1-5-14(15(6-2)16-7-3)13-10-8-12(4)9-11-13/h8-11,14-16H,5-7H2,1-4H3. The molecule has 0 amide bonds. The zero-order chi connectivity index (χ0) is 12.0. The summed E-state index contributed by atoms with van der Waals surface area (Å²) in [4.78, 5) is 0. The molecule has 0 aliphatic carbocycles. The second kappa shape index (κ2) is 6.70. The number of likely N-dealkylation sites (N-methyl/N-ethyl adjacent to an activating group) is 1. The first-order valence-corrected chi connectivity index (χ1v) is 6.52. The van der Waals surface area contributed by atoms with Gasteiger partial charge in [0.2, 0.25) is 0 Å². The molecule has 0 bridgehead atoms. The van der Waals surface area contributed by atoms with Crippen molar-refractivity contribution in [1.29, 1.82) is 0 Å². The van der Waals surface area contributed by atoms with Gasteiger partial charge >= 0.3 is 0 Å². The normalized spacial score (nSPS) is 14.8. The molecule has 16 heavy (non-hydrogen) atoms. The summed E-state index contributed by atoms with van der Waals surface area (Å²) >= 11 is 0. The van der Waals surface area contributed by atoms with Crippen LogP contribution < -0.4 is 5.32 Å². The highest BCUT2D eigenvalue weighted by Gasteiger charge is 2.18. The monoisotopic (exact) mass is 219 g/mol. The van der Waals surface area contributed by atoms with Gasteiger partial charge in [-0.15, -0.1) is 0 Å². The zero-order valence-electron chi connectivity index (χ0n) is 11.1. The van der Waals surface area contributed by atoms with Crippen LogP contribution in [0, 0.1) is 6.92 Å². The topological polar surface area (TPSA) is 12.0 Å². The summed E-state index contributed by atoms with van der Waals surface area (Å²) < 4.78 is 0.